The van der Waals surface area contributed by atoms with Crippen molar-refractivity contribution in [1.82, 2.24) is 10.6 Å². The Labute approximate surface area is 125 Å². The molecule has 2 saturated carbocycles. The number of carbonyl (C=O) groups excluding carboxylic acids is 1. The fraction of sp³-hybridized carbons (Fsp3) is 0.706. The van der Waals surface area contributed by atoms with Crippen molar-refractivity contribution in [2.24, 2.45) is 11.8 Å². The minimum absolute atomic E-state index is 0.127. The first kappa shape index (κ1) is 13.4. The first-order chi connectivity index (χ1) is 10.2. The van der Waals surface area contributed by atoms with E-state index in [0.29, 0.717) is 17.9 Å². The van der Waals surface area contributed by atoms with Gasteiger partial charge in [0.25, 0.3) is 0 Å². The number of hydrogen-bond donors (Lipinski definition) is 2. The molecule has 5 atom stereocenters. The van der Waals surface area contributed by atoms with Crippen molar-refractivity contribution in [3.05, 3.63) is 23.7 Å². The van der Waals surface area contributed by atoms with Crippen LogP contribution in [0.15, 0.2) is 16.5 Å². The highest BCUT2D eigenvalue weighted by atomic mass is 16.3. The van der Waals surface area contributed by atoms with Gasteiger partial charge in [0.2, 0.25) is 5.91 Å². The average Bonchev–Trinajstić information content (AvgIpc) is 3.39. The van der Waals surface area contributed by atoms with Gasteiger partial charge in [0, 0.05) is 30.3 Å². The number of nitrogens with one attached hydrogen (secondary N) is 2. The molecular weight excluding hydrogens is 264 g/mol. The Hall–Kier alpha value is -1.29. The van der Waals surface area contributed by atoms with Gasteiger partial charge in [-0.25, -0.2) is 0 Å². The second kappa shape index (κ2) is 5.16. The van der Waals surface area contributed by atoms with Gasteiger partial charge in [-0.1, -0.05) is 6.92 Å². The molecule has 0 spiro atoms. The third-order valence-corrected chi connectivity index (χ3v) is 5.26. The Balaban J connectivity index is 1.32. The minimum atomic E-state index is 0.127. The summed E-state index contributed by atoms with van der Waals surface area (Å²) in [4.78, 5) is 12.3. The monoisotopic (exact) mass is 288 g/mol. The Bertz CT molecular complexity index is 533. The summed E-state index contributed by atoms with van der Waals surface area (Å²) in [5.74, 6) is 4.18. The molecule has 0 bridgehead atoms. The quantitative estimate of drug-likeness (QED) is 0.894. The molecule has 2 aliphatic carbocycles. The molecule has 4 nitrogen and oxygen atoms in total. The van der Waals surface area contributed by atoms with Gasteiger partial charge in [0.1, 0.15) is 11.5 Å². The third kappa shape index (κ3) is 2.73. The van der Waals surface area contributed by atoms with Crippen LogP contribution in [0.25, 0.3) is 0 Å². The number of furan rings is 1. The van der Waals surface area contributed by atoms with Crippen LogP contribution >= 0.6 is 0 Å². The summed E-state index contributed by atoms with van der Waals surface area (Å²) in [6, 6.07) is 4.51. The molecule has 4 unspecified atom stereocenters. The Morgan fingerprint density at radius 2 is 2.05 bits per heavy atom. The highest BCUT2D eigenvalue weighted by Gasteiger charge is 2.47. The van der Waals surface area contributed by atoms with E-state index in [-0.39, 0.29) is 11.8 Å². The summed E-state index contributed by atoms with van der Waals surface area (Å²) in [7, 11) is 0. The van der Waals surface area contributed by atoms with E-state index in [1.54, 1.807) is 0 Å². The molecule has 0 aromatic carbocycles. The lowest BCUT2D eigenvalue weighted by atomic mass is 10.1. The zero-order chi connectivity index (χ0) is 14.4. The standard InChI is InChI=1S/C17H24N2O2/c1-10-7-12(10)15-4-5-16(21-15)13-8-14(13)17(20)19-11-3-2-6-18-9-11/h4-5,10-14,18H,2-3,6-9H2,1H3,(H,19,20)/t10?,11-,12?,13?,14?/m0/s1. The van der Waals surface area contributed by atoms with E-state index >= 15 is 0 Å². The molecule has 114 valence electrons. The maximum Gasteiger partial charge on any atom is 0.224 e. The van der Waals surface area contributed by atoms with E-state index < -0.39 is 0 Å². The van der Waals surface area contributed by atoms with Crippen molar-refractivity contribution in [2.75, 3.05) is 13.1 Å². The molecule has 3 aliphatic rings. The van der Waals surface area contributed by atoms with Gasteiger partial charge in [0.05, 0.1) is 0 Å². The SMILES string of the molecule is CC1CC1c1ccc(C2CC2C(=O)N[C@H]2CCCNC2)o1. The predicted molar refractivity (Wildman–Crippen MR) is 80.1 cm³/mol. The Morgan fingerprint density at radius 1 is 1.29 bits per heavy atom. The first-order valence-corrected chi connectivity index (χ1v) is 8.33. The van der Waals surface area contributed by atoms with Gasteiger partial charge in [-0.15, -0.1) is 0 Å². The van der Waals surface area contributed by atoms with E-state index in [2.05, 4.69) is 29.7 Å². The van der Waals surface area contributed by atoms with E-state index in [1.165, 1.54) is 6.42 Å². The second-order valence-electron chi connectivity index (χ2n) is 7.06. The number of amides is 1. The van der Waals surface area contributed by atoms with Gasteiger partial charge in [0.15, 0.2) is 0 Å². The summed E-state index contributed by atoms with van der Waals surface area (Å²) >= 11 is 0. The van der Waals surface area contributed by atoms with Crippen LogP contribution in [0.1, 0.15) is 56.0 Å². The molecule has 1 aliphatic heterocycles. The summed E-state index contributed by atoms with van der Waals surface area (Å²) in [6.07, 6.45) is 4.44. The first-order valence-electron chi connectivity index (χ1n) is 8.33. The van der Waals surface area contributed by atoms with Crippen LogP contribution in [-0.4, -0.2) is 25.0 Å². The van der Waals surface area contributed by atoms with Crippen LogP contribution in [0.5, 0.6) is 0 Å². The normalized spacial score (nSPS) is 38.0. The molecule has 4 heteroatoms. The minimum Gasteiger partial charge on any atom is -0.465 e. The summed E-state index contributed by atoms with van der Waals surface area (Å²) in [5, 5.41) is 6.52. The summed E-state index contributed by atoms with van der Waals surface area (Å²) in [6.45, 7) is 4.25. The maximum atomic E-state index is 12.3. The van der Waals surface area contributed by atoms with Gasteiger partial charge < -0.3 is 15.1 Å². The molecule has 2 heterocycles. The fourth-order valence-electron chi connectivity index (χ4n) is 3.57. The number of rotatable bonds is 4. The van der Waals surface area contributed by atoms with Crippen LogP contribution < -0.4 is 10.6 Å². The van der Waals surface area contributed by atoms with Gasteiger partial charge in [-0.3, -0.25) is 4.79 Å². The Morgan fingerprint density at radius 3 is 2.71 bits per heavy atom. The Kier molecular flexibility index (Phi) is 3.29. The topological polar surface area (TPSA) is 54.3 Å². The lowest BCUT2D eigenvalue weighted by Crippen LogP contribution is -2.46. The number of piperidine rings is 1. The van der Waals surface area contributed by atoms with Crippen molar-refractivity contribution in [1.29, 1.82) is 0 Å². The molecule has 3 fully saturated rings. The van der Waals surface area contributed by atoms with E-state index in [4.69, 9.17) is 4.42 Å². The zero-order valence-electron chi connectivity index (χ0n) is 12.6. The van der Waals surface area contributed by atoms with E-state index in [9.17, 15) is 4.79 Å². The van der Waals surface area contributed by atoms with Crippen LogP contribution in [0.4, 0.5) is 0 Å². The highest BCUT2D eigenvalue weighted by molar-refractivity contribution is 5.83. The fourth-order valence-corrected chi connectivity index (χ4v) is 3.57. The van der Waals surface area contributed by atoms with Crippen molar-refractivity contribution >= 4 is 5.91 Å². The average molecular weight is 288 g/mol. The van der Waals surface area contributed by atoms with Crippen LogP contribution in [0.2, 0.25) is 0 Å². The van der Waals surface area contributed by atoms with Gasteiger partial charge >= 0.3 is 0 Å². The van der Waals surface area contributed by atoms with Crippen LogP contribution in [-0.2, 0) is 4.79 Å². The lowest BCUT2D eigenvalue weighted by Gasteiger charge is -2.23. The maximum absolute atomic E-state index is 12.3. The summed E-state index contributed by atoms with van der Waals surface area (Å²) < 4.78 is 5.98. The molecule has 1 aromatic rings. The predicted octanol–water partition coefficient (Wildman–Crippen LogP) is 2.37. The molecule has 1 aromatic heterocycles. The van der Waals surface area contributed by atoms with Crippen molar-refractivity contribution in [3.63, 3.8) is 0 Å². The number of hydrogen-bond acceptors (Lipinski definition) is 3. The van der Waals surface area contributed by atoms with Gasteiger partial charge in [-0.2, -0.15) is 0 Å². The molecule has 21 heavy (non-hydrogen) atoms. The smallest absolute Gasteiger partial charge is 0.224 e. The van der Waals surface area contributed by atoms with E-state index in [0.717, 1.165) is 49.8 Å². The second-order valence-corrected chi connectivity index (χ2v) is 7.06. The summed E-state index contributed by atoms with van der Waals surface area (Å²) in [5.41, 5.74) is 0. The van der Waals surface area contributed by atoms with E-state index in [1.807, 2.05) is 0 Å². The molecule has 0 radical (unpaired) electrons. The molecular formula is C17H24N2O2. The zero-order valence-corrected chi connectivity index (χ0v) is 12.6. The van der Waals surface area contributed by atoms with Crippen molar-refractivity contribution in [2.45, 2.75) is 50.5 Å². The molecule has 4 rings (SSSR count). The molecule has 1 amide bonds. The molecule has 1 saturated heterocycles. The van der Waals surface area contributed by atoms with Crippen molar-refractivity contribution < 1.29 is 9.21 Å². The largest absolute Gasteiger partial charge is 0.465 e. The third-order valence-electron chi connectivity index (χ3n) is 5.26. The molecule has 2 N–H and O–H groups in total. The van der Waals surface area contributed by atoms with Crippen LogP contribution in [0.3, 0.4) is 0 Å². The van der Waals surface area contributed by atoms with Crippen molar-refractivity contribution in [3.8, 4) is 0 Å². The number of carbonyl (C=O) groups is 1. The van der Waals surface area contributed by atoms with Gasteiger partial charge in [-0.05, 0) is 50.3 Å². The lowest BCUT2D eigenvalue weighted by molar-refractivity contribution is -0.123. The highest BCUT2D eigenvalue weighted by Crippen LogP contribution is 2.52. The van der Waals surface area contributed by atoms with Crippen LogP contribution in [0, 0.1) is 11.8 Å².